The lowest BCUT2D eigenvalue weighted by Crippen LogP contribution is -2.45. The second-order valence-corrected chi connectivity index (χ2v) is 6.26. The van der Waals surface area contributed by atoms with Crippen LogP contribution in [0.5, 0.6) is 11.5 Å². The van der Waals surface area contributed by atoms with Gasteiger partial charge in [-0.25, -0.2) is 0 Å². The molecule has 168 valence electrons. The van der Waals surface area contributed by atoms with Crippen LogP contribution in [-0.2, 0) is 0 Å². The summed E-state index contributed by atoms with van der Waals surface area (Å²) in [5.74, 6) is -0.283. The zero-order valence-corrected chi connectivity index (χ0v) is 17.2. The van der Waals surface area contributed by atoms with Crippen molar-refractivity contribution in [3.63, 3.8) is 0 Å². The molecule has 1 heterocycles. The molecule has 0 bridgehead atoms. The Morgan fingerprint density at radius 3 is 2.07 bits per heavy atom. The van der Waals surface area contributed by atoms with E-state index in [0.717, 1.165) is 18.7 Å². The maximum atomic E-state index is 12.6. The molecule has 1 aliphatic heterocycles. The summed E-state index contributed by atoms with van der Waals surface area (Å²) in [5.41, 5.74) is 1.44. The van der Waals surface area contributed by atoms with Gasteiger partial charge in [-0.1, -0.05) is 24.3 Å². The van der Waals surface area contributed by atoms with Crippen molar-refractivity contribution in [3.8, 4) is 11.5 Å². The van der Waals surface area contributed by atoms with Crippen LogP contribution in [0.3, 0.4) is 0 Å². The summed E-state index contributed by atoms with van der Waals surface area (Å²) in [5, 5.41) is 3.23. The minimum Gasteiger partial charge on any atom is -0.435 e. The normalized spacial score (nSPS) is 15.7. The topological polar surface area (TPSA) is 33.7 Å². The van der Waals surface area contributed by atoms with Crippen molar-refractivity contribution in [2.75, 3.05) is 26.2 Å². The quantitative estimate of drug-likeness (QED) is 0.595. The highest BCUT2D eigenvalue weighted by molar-refractivity contribution is 5.85. The van der Waals surface area contributed by atoms with Gasteiger partial charge in [0.15, 0.2) is 0 Å². The van der Waals surface area contributed by atoms with Crippen LogP contribution in [0, 0.1) is 0 Å². The zero-order valence-electron chi connectivity index (χ0n) is 15.6. The van der Waals surface area contributed by atoms with E-state index in [1.54, 1.807) is 24.3 Å². The van der Waals surface area contributed by atoms with Crippen LogP contribution in [0.1, 0.15) is 17.2 Å². The van der Waals surface area contributed by atoms with E-state index in [0.29, 0.717) is 18.7 Å². The van der Waals surface area contributed by atoms with Crippen LogP contribution in [0.25, 0.3) is 0 Å². The van der Waals surface area contributed by atoms with Gasteiger partial charge < -0.3 is 14.8 Å². The van der Waals surface area contributed by atoms with E-state index in [1.807, 2.05) is 0 Å². The molecule has 1 fully saturated rings. The molecule has 1 N–H and O–H groups in total. The Balaban J connectivity index is 0.00000225. The van der Waals surface area contributed by atoms with Gasteiger partial charge >= 0.3 is 13.0 Å². The zero-order chi connectivity index (χ0) is 20.1. The molecule has 0 aromatic heterocycles. The molecule has 30 heavy (non-hydrogen) atoms. The van der Waals surface area contributed by atoms with Crippen molar-refractivity contribution < 1.29 is 31.4 Å². The van der Waals surface area contributed by atoms with Gasteiger partial charge in [0.25, 0.3) is 0 Å². The number of nitrogens with one attached hydrogen (secondary N) is 1. The third-order valence-corrected chi connectivity index (χ3v) is 4.35. The molecule has 4 nitrogen and oxygen atoms in total. The van der Waals surface area contributed by atoms with Crippen LogP contribution in [0.15, 0.2) is 48.5 Å². The average Bonchev–Trinajstić information content (AvgIpc) is 2.63. The van der Waals surface area contributed by atoms with E-state index < -0.39 is 13.0 Å². The number of hydrogen-bond acceptors (Lipinski definition) is 4. The number of rotatable bonds is 6. The smallest absolute Gasteiger partial charge is 0.435 e. The Bertz CT molecular complexity index is 772. The predicted octanol–water partition coefficient (Wildman–Crippen LogP) is 5.02. The minimum atomic E-state index is -4.76. The molecule has 2 aromatic carbocycles. The fraction of sp³-hybridized carbons (Fsp3) is 0.368. The van der Waals surface area contributed by atoms with Gasteiger partial charge in [0.05, 0.1) is 6.04 Å². The van der Waals surface area contributed by atoms with Crippen molar-refractivity contribution >= 4 is 24.8 Å². The highest BCUT2D eigenvalue weighted by atomic mass is 35.5. The van der Waals surface area contributed by atoms with Crippen LogP contribution < -0.4 is 14.8 Å². The predicted molar refractivity (Wildman–Crippen MR) is 107 cm³/mol. The standard InChI is InChI=1S/C19H19F5N2O2.2ClH/c20-18(21)27-16-3-1-2-14(12-16)17(26-10-8-25-9-11-26)13-4-6-15(7-5-13)28-19(22,23)24;;/h1-7,12,17-18,25H,8-11H2;2*1H/t17-;;/m0../s1. The largest absolute Gasteiger partial charge is 0.573 e. The van der Waals surface area contributed by atoms with Gasteiger partial charge in [-0.05, 0) is 35.4 Å². The molecule has 1 aliphatic rings. The second-order valence-electron chi connectivity index (χ2n) is 6.26. The fourth-order valence-electron chi connectivity index (χ4n) is 3.27. The van der Waals surface area contributed by atoms with E-state index in [4.69, 9.17) is 0 Å². The maximum absolute atomic E-state index is 12.6. The fourth-order valence-corrected chi connectivity index (χ4v) is 3.27. The molecule has 0 radical (unpaired) electrons. The summed E-state index contributed by atoms with van der Waals surface area (Å²) in [6, 6.07) is 11.6. The molecule has 0 spiro atoms. The number of piperazine rings is 1. The van der Waals surface area contributed by atoms with Crippen molar-refractivity contribution in [1.82, 2.24) is 10.2 Å². The number of halogens is 7. The van der Waals surface area contributed by atoms with Gasteiger partial charge in [-0.2, -0.15) is 8.78 Å². The van der Waals surface area contributed by atoms with E-state index in [1.165, 1.54) is 24.3 Å². The molecular formula is C19H21Cl2F5N2O2. The highest BCUT2D eigenvalue weighted by Crippen LogP contribution is 2.33. The third-order valence-electron chi connectivity index (χ3n) is 4.35. The molecule has 0 aliphatic carbocycles. The first kappa shape index (κ1) is 26.2. The van der Waals surface area contributed by atoms with Crippen molar-refractivity contribution in [3.05, 3.63) is 59.7 Å². The SMILES string of the molecule is Cl.Cl.FC(F)Oc1cccc([C@H](c2ccc(OC(F)(F)F)cc2)N2CCNCC2)c1. The Hall–Kier alpha value is -1.81. The van der Waals surface area contributed by atoms with Gasteiger partial charge in [0, 0.05) is 26.2 Å². The van der Waals surface area contributed by atoms with E-state index in [2.05, 4.69) is 19.7 Å². The summed E-state index contributed by atoms with van der Waals surface area (Å²) in [7, 11) is 0. The minimum absolute atomic E-state index is 0. The Labute approximate surface area is 183 Å². The summed E-state index contributed by atoms with van der Waals surface area (Å²) >= 11 is 0. The molecule has 0 saturated carbocycles. The highest BCUT2D eigenvalue weighted by Gasteiger charge is 2.31. The summed E-state index contributed by atoms with van der Waals surface area (Å²) in [6.07, 6.45) is -4.76. The lowest BCUT2D eigenvalue weighted by molar-refractivity contribution is -0.274. The van der Waals surface area contributed by atoms with E-state index in [-0.39, 0.29) is 42.4 Å². The number of nitrogens with zero attached hydrogens (tertiary/aromatic N) is 1. The molecule has 3 rings (SSSR count). The van der Waals surface area contributed by atoms with Crippen molar-refractivity contribution in [2.24, 2.45) is 0 Å². The summed E-state index contributed by atoms with van der Waals surface area (Å²) in [4.78, 5) is 2.14. The van der Waals surface area contributed by atoms with Crippen LogP contribution in [-0.4, -0.2) is 44.1 Å². The van der Waals surface area contributed by atoms with E-state index in [9.17, 15) is 22.0 Å². The summed E-state index contributed by atoms with van der Waals surface area (Å²) < 4.78 is 70.7. The first-order valence-corrected chi connectivity index (χ1v) is 8.67. The monoisotopic (exact) mass is 474 g/mol. The molecular weight excluding hydrogens is 454 g/mol. The third kappa shape index (κ3) is 7.46. The van der Waals surface area contributed by atoms with Crippen LogP contribution >= 0.6 is 24.8 Å². The molecule has 1 saturated heterocycles. The van der Waals surface area contributed by atoms with Crippen molar-refractivity contribution in [2.45, 2.75) is 19.0 Å². The first-order chi connectivity index (χ1) is 13.3. The van der Waals surface area contributed by atoms with Crippen molar-refractivity contribution in [1.29, 1.82) is 0 Å². The lowest BCUT2D eigenvalue weighted by atomic mass is 9.96. The number of alkyl halides is 5. The molecule has 0 unspecified atom stereocenters. The second kappa shape index (κ2) is 11.5. The molecule has 11 heteroatoms. The number of ether oxygens (including phenoxy) is 2. The van der Waals surface area contributed by atoms with Crippen LogP contribution in [0.4, 0.5) is 22.0 Å². The van der Waals surface area contributed by atoms with E-state index >= 15 is 0 Å². The van der Waals surface area contributed by atoms with Gasteiger partial charge in [-0.3, -0.25) is 4.90 Å². The summed E-state index contributed by atoms with van der Waals surface area (Å²) in [6.45, 7) is -0.0406. The molecule has 2 aromatic rings. The number of hydrogen-bond donors (Lipinski definition) is 1. The van der Waals surface area contributed by atoms with Crippen LogP contribution in [0.2, 0.25) is 0 Å². The molecule has 1 atom stereocenters. The first-order valence-electron chi connectivity index (χ1n) is 8.67. The van der Waals surface area contributed by atoms with Gasteiger partial charge in [0.1, 0.15) is 11.5 Å². The Morgan fingerprint density at radius 2 is 1.50 bits per heavy atom. The molecule has 0 amide bonds. The van der Waals surface area contributed by atoms with Gasteiger partial charge in [-0.15, -0.1) is 38.0 Å². The lowest BCUT2D eigenvalue weighted by Gasteiger charge is -2.35. The maximum Gasteiger partial charge on any atom is 0.573 e. The Morgan fingerprint density at radius 1 is 0.867 bits per heavy atom. The number of benzene rings is 2. The Kier molecular flexibility index (Phi) is 10.1. The van der Waals surface area contributed by atoms with Gasteiger partial charge in [0.2, 0.25) is 0 Å². The average molecular weight is 475 g/mol.